The quantitative estimate of drug-likeness (QED) is 0.0375. The van der Waals surface area contributed by atoms with Crippen LogP contribution >= 0.6 is 0 Å². The SMILES string of the molecule is CCCCCCCCC(CCCCCCCC)OC(=O)C(C)(C)CCCCCCN(CC)CCCCCCC(C)(C)C(CCCCCCCC)CCCCCCCC.O=CO. The van der Waals surface area contributed by atoms with Crippen LogP contribution in [0.4, 0.5) is 0 Å². The number of carbonyl (C=O) groups is 2. The summed E-state index contributed by atoms with van der Waals surface area (Å²) in [6.07, 6.45) is 50.6. The van der Waals surface area contributed by atoms with Gasteiger partial charge in [0, 0.05) is 0 Å². The largest absolute Gasteiger partial charge is 0.483 e. The predicted molar refractivity (Wildman–Crippen MR) is 270 cm³/mol. The lowest BCUT2D eigenvalue weighted by molar-refractivity contribution is -0.161. The standard InChI is InChI=1S/C55H111NO2.CH2O2/c1-10-15-19-23-27-35-43-51(44-36-28-24-20-16-11-2)54(6,7)47-39-31-33-41-49-56(14-5)50-42-34-32-40-48-55(8,9)53(57)58-52(45-37-29-25-21-17-12-3)46-38-30-26-22-18-13-4;2-1-3/h51-52H,10-50H2,1-9H3;1H,(H,2,3). The van der Waals surface area contributed by atoms with Crippen LogP contribution in [0.25, 0.3) is 0 Å². The van der Waals surface area contributed by atoms with Crippen molar-refractivity contribution in [3.05, 3.63) is 0 Å². The summed E-state index contributed by atoms with van der Waals surface area (Å²) in [5.74, 6) is 0.962. The summed E-state index contributed by atoms with van der Waals surface area (Å²) in [6.45, 7) is 24.5. The van der Waals surface area contributed by atoms with Gasteiger partial charge in [0.2, 0.25) is 0 Å². The summed E-state index contributed by atoms with van der Waals surface area (Å²) < 4.78 is 6.29. The summed E-state index contributed by atoms with van der Waals surface area (Å²) >= 11 is 0. The second-order valence-electron chi connectivity index (χ2n) is 20.7. The summed E-state index contributed by atoms with van der Waals surface area (Å²) in [6, 6.07) is 0. The van der Waals surface area contributed by atoms with E-state index in [-0.39, 0.29) is 24.0 Å². The van der Waals surface area contributed by atoms with Crippen LogP contribution in [0.3, 0.4) is 0 Å². The zero-order valence-electron chi connectivity index (χ0n) is 43.3. The smallest absolute Gasteiger partial charge is 0.311 e. The molecule has 0 spiro atoms. The molecule has 366 valence electrons. The molecule has 0 amide bonds. The van der Waals surface area contributed by atoms with Gasteiger partial charge < -0.3 is 14.7 Å². The van der Waals surface area contributed by atoms with E-state index >= 15 is 0 Å². The average Bonchev–Trinajstić information content (AvgIpc) is 3.23. The number of carboxylic acid groups (broad SMARTS) is 1. The molecule has 0 bridgehead atoms. The van der Waals surface area contributed by atoms with Gasteiger partial charge in [0.15, 0.2) is 0 Å². The average molecular weight is 865 g/mol. The van der Waals surface area contributed by atoms with Crippen molar-refractivity contribution in [3.63, 3.8) is 0 Å². The number of hydrogen-bond donors (Lipinski definition) is 1. The highest BCUT2D eigenvalue weighted by molar-refractivity contribution is 5.76. The predicted octanol–water partition coefficient (Wildman–Crippen LogP) is 18.5. The Balaban J connectivity index is 0. The van der Waals surface area contributed by atoms with Crippen LogP contribution in [-0.4, -0.2) is 48.2 Å². The summed E-state index contributed by atoms with van der Waals surface area (Å²) in [5.41, 5.74) is 0.106. The van der Waals surface area contributed by atoms with Crippen molar-refractivity contribution >= 4 is 12.4 Å². The van der Waals surface area contributed by atoms with Gasteiger partial charge >= 0.3 is 5.97 Å². The number of carbonyl (C=O) groups excluding carboxylic acids is 1. The van der Waals surface area contributed by atoms with Gasteiger partial charge in [-0.2, -0.15) is 0 Å². The molecule has 0 atom stereocenters. The van der Waals surface area contributed by atoms with Gasteiger partial charge in [0.05, 0.1) is 5.41 Å². The molecule has 0 heterocycles. The van der Waals surface area contributed by atoms with Crippen LogP contribution < -0.4 is 0 Å². The Morgan fingerprint density at radius 2 is 0.787 bits per heavy atom. The van der Waals surface area contributed by atoms with Crippen LogP contribution in [0, 0.1) is 16.7 Å². The Morgan fingerprint density at radius 1 is 0.475 bits per heavy atom. The van der Waals surface area contributed by atoms with Crippen molar-refractivity contribution < 1.29 is 19.4 Å². The normalized spacial score (nSPS) is 12.1. The maximum atomic E-state index is 13.4. The van der Waals surface area contributed by atoms with E-state index in [9.17, 15) is 4.79 Å². The van der Waals surface area contributed by atoms with E-state index in [1.165, 1.54) is 238 Å². The second kappa shape index (κ2) is 45.5. The molecule has 0 aliphatic heterocycles. The van der Waals surface area contributed by atoms with Gasteiger partial charge in [-0.05, 0) is 109 Å². The Morgan fingerprint density at radius 3 is 1.16 bits per heavy atom. The Bertz CT molecular complexity index is 871. The van der Waals surface area contributed by atoms with Crippen molar-refractivity contribution in [2.45, 2.75) is 312 Å². The number of hydrogen-bond acceptors (Lipinski definition) is 4. The first kappa shape index (κ1) is 62.0. The van der Waals surface area contributed by atoms with Crippen molar-refractivity contribution in [2.75, 3.05) is 19.6 Å². The highest BCUT2D eigenvalue weighted by atomic mass is 16.5. The van der Waals surface area contributed by atoms with Crippen molar-refractivity contribution in [3.8, 4) is 0 Å². The van der Waals surface area contributed by atoms with Gasteiger partial charge in [-0.15, -0.1) is 0 Å². The molecule has 0 aromatic rings. The molecule has 0 rings (SSSR count). The van der Waals surface area contributed by atoms with E-state index in [0.717, 1.165) is 31.6 Å². The van der Waals surface area contributed by atoms with Gasteiger partial charge in [0.1, 0.15) is 6.10 Å². The number of unbranched alkanes of at least 4 members (excludes halogenated alkanes) is 26. The first-order valence-corrected chi connectivity index (χ1v) is 27.5. The first-order chi connectivity index (χ1) is 29.5. The van der Waals surface area contributed by atoms with Gasteiger partial charge in [-0.3, -0.25) is 9.59 Å². The minimum absolute atomic E-state index is 0.0522. The molecule has 0 radical (unpaired) electrons. The molecule has 5 heteroatoms. The molecule has 0 aromatic heterocycles. The molecule has 5 nitrogen and oxygen atoms in total. The maximum absolute atomic E-state index is 13.4. The van der Waals surface area contributed by atoms with Gasteiger partial charge in [-0.1, -0.05) is 228 Å². The maximum Gasteiger partial charge on any atom is 0.311 e. The molecule has 0 saturated carbocycles. The monoisotopic (exact) mass is 864 g/mol. The third-order valence-electron chi connectivity index (χ3n) is 14.0. The molecule has 61 heavy (non-hydrogen) atoms. The highest BCUT2D eigenvalue weighted by Gasteiger charge is 2.31. The molecule has 1 N–H and O–H groups in total. The Hall–Kier alpha value is -1.10. The first-order valence-electron chi connectivity index (χ1n) is 27.5. The lowest BCUT2D eigenvalue weighted by atomic mass is 9.70. The number of rotatable bonds is 46. The zero-order chi connectivity index (χ0) is 45.7. The van der Waals surface area contributed by atoms with Crippen LogP contribution in [0.5, 0.6) is 0 Å². The van der Waals surface area contributed by atoms with Crippen LogP contribution in [0.1, 0.15) is 306 Å². The Kier molecular flexibility index (Phi) is 46.2. The molecular formula is C56H113NO4. The minimum atomic E-state index is -0.381. The van der Waals surface area contributed by atoms with E-state index in [4.69, 9.17) is 14.6 Å². The number of esters is 1. The zero-order valence-corrected chi connectivity index (χ0v) is 43.3. The van der Waals surface area contributed by atoms with E-state index in [1.54, 1.807) is 0 Å². The van der Waals surface area contributed by atoms with E-state index < -0.39 is 0 Å². The fourth-order valence-electron chi connectivity index (χ4n) is 9.41. The second-order valence-corrected chi connectivity index (χ2v) is 20.7. The van der Waals surface area contributed by atoms with Gasteiger partial charge in [0.25, 0.3) is 6.47 Å². The Labute approximate surface area is 384 Å². The van der Waals surface area contributed by atoms with Crippen molar-refractivity contribution in [1.82, 2.24) is 4.90 Å². The van der Waals surface area contributed by atoms with Crippen molar-refractivity contribution in [1.29, 1.82) is 0 Å². The van der Waals surface area contributed by atoms with Gasteiger partial charge in [-0.25, -0.2) is 0 Å². The lowest BCUT2D eigenvalue weighted by Crippen LogP contribution is -2.31. The topological polar surface area (TPSA) is 66.8 Å². The summed E-state index contributed by atoms with van der Waals surface area (Å²) in [5, 5.41) is 6.89. The van der Waals surface area contributed by atoms with E-state index in [2.05, 4.69) is 67.2 Å². The van der Waals surface area contributed by atoms with Crippen molar-refractivity contribution in [2.24, 2.45) is 16.7 Å². The number of ether oxygens (including phenoxy) is 1. The fraction of sp³-hybridized carbons (Fsp3) is 0.964. The molecular weight excluding hydrogens is 751 g/mol. The van der Waals surface area contributed by atoms with E-state index in [1.807, 2.05) is 0 Å². The van der Waals surface area contributed by atoms with Crippen LogP contribution in [0.2, 0.25) is 0 Å². The highest BCUT2D eigenvalue weighted by Crippen LogP contribution is 2.39. The summed E-state index contributed by atoms with van der Waals surface area (Å²) in [7, 11) is 0. The van der Waals surface area contributed by atoms with Crippen LogP contribution in [-0.2, 0) is 14.3 Å². The molecule has 0 unspecified atom stereocenters. The third kappa shape index (κ3) is 40.2. The molecule has 0 fully saturated rings. The fourth-order valence-corrected chi connectivity index (χ4v) is 9.41. The third-order valence-corrected chi connectivity index (χ3v) is 14.0. The minimum Gasteiger partial charge on any atom is -0.483 e. The van der Waals surface area contributed by atoms with E-state index in [0.29, 0.717) is 5.41 Å². The number of nitrogens with zero attached hydrogens (tertiary/aromatic N) is 1. The lowest BCUT2D eigenvalue weighted by Gasteiger charge is -2.35. The molecule has 0 aliphatic carbocycles. The molecule has 0 aliphatic rings. The van der Waals surface area contributed by atoms with Crippen LogP contribution in [0.15, 0.2) is 0 Å². The summed E-state index contributed by atoms with van der Waals surface area (Å²) in [4.78, 5) is 24.5. The molecule has 0 saturated heterocycles. The molecule has 0 aromatic carbocycles.